The molecule has 0 spiro atoms. The summed E-state index contributed by atoms with van der Waals surface area (Å²) in [6.07, 6.45) is 5.05. The minimum absolute atomic E-state index is 0.214. The minimum Gasteiger partial charge on any atom is -0.344 e. The van der Waals surface area contributed by atoms with E-state index in [1.54, 1.807) is 4.90 Å². The van der Waals surface area contributed by atoms with Crippen molar-refractivity contribution in [2.75, 3.05) is 18.0 Å². The Kier molecular flexibility index (Phi) is 2.09. The molecule has 3 rings (SSSR count). The highest BCUT2D eigenvalue weighted by Crippen LogP contribution is 2.37. The Balaban J connectivity index is 1.75. The van der Waals surface area contributed by atoms with Gasteiger partial charge in [-0.15, -0.1) is 0 Å². The summed E-state index contributed by atoms with van der Waals surface area (Å²) >= 11 is 0. The zero-order valence-corrected chi connectivity index (χ0v) is 8.87. The Morgan fingerprint density at radius 3 is 2.56 bits per heavy atom. The van der Waals surface area contributed by atoms with Gasteiger partial charge in [-0.25, -0.2) is 18.7 Å². The molecule has 16 heavy (non-hydrogen) atoms. The summed E-state index contributed by atoms with van der Waals surface area (Å²) < 4.78 is 25.5. The summed E-state index contributed by atoms with van der Waals surface area (Å²) in [5.41, 5.74) is 1.01. The summed E-state index contributed by atoms with van der Waals surface area (Å²) in [4.78, 5) is 9.86. The van der Waals surface area contributed by atoms with Crippen LogP contribution in [-0.2, 0) is 0 Å². The molecule has 2 heterocycles. The van der Waals surface area contributed by atoms with Crippen molar-refractivity contribution in [2.24, 2.45) is 0 Å². The van der Waals surface area contributed by atoms with Gasteiger partial charge in [-0.2, -0.15) is 0 Å². The molecule has 3 nitrogen and oxygen atoms in total. The van der Waals surface area contributed by atoms with Gasteiger partial charge < -0.3 is 4.90 Å². The number of rotatable bonds is 2. The van der Waals surface area contributed by atoms with E-state index in [1.807, 2.05) is 6.07 Å². The van der Waals surface area contributed by atoms with Crippen LogP contribution in [0.4, 0.5) is 14.6 Å². The smallest absolute Gasteiger partial charge is 0.282 e. The molecule has 1 aliphatic heterocycles. The van der Waals surface area contributed by atoms with Crippen LogP contribution in [0.15, 0.2) is 12.4 Å². The van der Waals surface area contributed by atoms with E-state index in [0.717, 1.165) is 18.5 Å². The number of alkyl halides is 2. The lowest BCUT2D eigenvalue weighted by Gasteiger charge is -2.39. The van der Waals surface area contributed by atoms with Crippen molar-refractivity contribution in [3.63, 3.8) is 0 Å². The van der Waals surface area contributed by atoms with E-state index in [-0.39, 0.29) is 13.1 Å². The molecule has 0 unspecified atom stereocenters. The van der Waals surface area contributed by atoms with Gasteiger partial charge in [0.2, 0.25) is 0 Å². The number of hydrogen-bond acceptors (Lipinski definition) is 3. The van der Waals surface area contributed by atoms with Crippen molar-refractivity contribution in [1.29, 1.82) is 0 Å². The number of anilines is 1. The second-order valence-electron chi connectivity index (χ2n) is 4.64. The van der Waals surface area contributed by atoms with Crippen molar-refractivity contribution in [2.45, 2.75) is 31.1 Å². The molecule has 0 bridgehead atoms. The molecule has 1 saturated heterocycles. The number of halogens is 2. The van der Waals surface area contributed by atoms with Gasteiger partial charge in [0, 0.05) is 17.7 Å². The molecular weight excluding hydrogens is 212 g/mol. The van der Waals surface area contributed by atoms with Crippen LogP contribution in [0.1, 0.15) is 30.9 Å². The highest BCUT2D eigenvalue weighted by Gasteiger charge is 2.44. The van der Waals surface area contributed by atoms with Crippen LogP contribution in [0.3, 0.4) is 0 Å². The molecule has 0 amide bonds. The third-order valence-corrected chi connectivity index (χ3v) is 3.37. The topological polar surface area (TPSA) is 29.0 Å². The summed E-state index contributed by atoms with van der Waals surface area (Å²) in [6, 6.07) is 1.86. The van der Waals surface area contributed by atoms with Crippen LogP contribution in [0.5, 0.6) is 0 Å². The molecule has 2 aliphatic rings. The van der Waals surface area contributed by atoms with Crippen LogP contribution < -0.4 is 4.90 Å². The fourth-order valence-corrected chi connectivity index (χ4v) is 2.14. The summed E-state index contributed by atoms with van der Waals surface area (Å²) in [5, 5.41) is 0. The van der Waals surface area contributed by atoms with Crippen LogP contribution >= 0.6 is 0 Å². The van der Waals surface area contributed by atoms with Gasteiger partial charge in [-0.05, 0) is 12.8 Å². The van der Waals surface area contributed by atoms with E-state index in [1.165, 1.54) is 12.7 Å². The van der Waals surface area contributed by atoms with E-state index < -0.39 is 5.92 Å². The first kappa shape index (κ1) is 9.93. The zero-order valence-electron chi connectivity index (χ0n) is 8.87. The Hall–Kier alpha value is -1.26. The van der Waals surface area contributed by atoms with E-state index in [9.17, 15) is 8.78 Å². The standard InChI is InChI=1S/C11H13F2N3/c12-11(13)5-16(6-11)10-4-9(14-7-15-10)8-2-1-3-8/h4,7-8H,1-3,5-6H2. The fraction of sp³-hybridized carbons (Fsp3) is 0.636. The van der Waals surface area contributed by atoms with Gasteiger partial charge in [-0.1, -0.05) is 6.42 Å². The molecule has 1 aromatic rings. The molecule has 2 fully saturated rings. The van der Waals surface area contributed by atoms with Crippen LogP contribution in [0.25, 0.3) is 0 Å². The lowest BCUT2D eigenvalue weighted by molar-refractivity contribution is -0.0267. The van der Waals surface area contributed by atoms with Gasteiger partial charge in [0.25, 0.3) is 5.92 Å². The Labute approximate surface area is 92.5 Å². The van der Waals surface area contributed by atoms with Crippen LogP contribution in [-0.4, -0.2) is 29.0 Å². The maximum absolute atomic E-state index is 12.7. The molecular formula is C11H13F2N3. The van der Waals surface area contributed by atoms with Crippen molar-refractivity contribution < 1.29 is 8.78 Å². The first-order chi connectivity index (χ1) is 7.64. The van der Waals surface area contributed by atoms with Crippen LogP contribution in [0, 0.1) is 0 Å². The first-order valence-corrected chi connectivity index (χ1v) is 5.59. The summed E-state index contributed by atoms with van der Waals surface area (Å²) in [5.74, 6) is -1.38. The van der Waals surface area contributed by atoms with Gasteiger partial charge in [0.15, 0.2) is 0 Å². The minimum atomic E-state index is -2.54. The van der Waals surface area contributed by atoms with E-state index in [4.69, 9.17) is 0 Å². The number of hydrogen-bond donors (Lipinski definition) is 0. The molecule has 0 N–H and O–H groups in total. The molecule has 0 aromatic carbocycles. The predicted octanol–water partition coefficient (Wildman–Crippen LogP) is 2.20. The third-order valence-electron chi connectivity index (χ3n) is 3.37. The largest absolute Gasteiger partial charge is 0.344 e. The predicted molar refractivity (Wildman–Crippen MR) is 55.8 cm³/mol. The van der Waals surface area contributed by atoms with Gasteiger partial charge >= 0.3 is 0 Å². The monoisotopic (exact) mass is 225 g/mol. The molecule has 1 saturated carbocycles. The van der Waals surface area contributed by atoms with Gasteiger partial charge in [0.1, 0.15) is 12.1 Å². The van der Waals surface area contributed by atoms with Crippen molar-refractivity contribution in [1.82, 2.24) is 9.97 Å². The number of nitrogens with zero attached hydrogens (tertiary/aromatic N) is 3. The molecule has 0 atom stereocenters. The van der Waals surface area contributed by atoms with E-state index >= 15 is 0 Å². The lowest BCUT2D eigenvalue weighted by atomic mass is 9.83. The highest BCUT2D eigenvalue weighted by atomic mass is 19.3. The van der Waals surface area contributed by atoms with Crippen molar-refractivity contribution in [3.8, 4) is 0 Å². The lowest BCUT2D eigenvalue weighted by Crippen LogP contribution is -2.56. The average molecular weight is 225 g/mol. The molecule has 0 radical (unpaired) electrons. The Morgan fingerprint density at radius 2 is 2.00 bits per heavy atom. The van der Waals surface area contributed by atoms with Gasteiger partial charge in [-0.3, -0.25) is 0 Å². The quantitative estimate of drug-likeness (QED) is 0.772. The maximum atomic E-state index is 12.7. The van der Waals surface area contributed by atoms with Crippen molar-refractivity contribution >= 4 is 5.82 Å². The first-order valence-electron chi connectivity index (χ1n) is 5.59. The van der Waals surface area contributed by atoms with E-state index in [0.29, 0.717) is 11.7 Å². The molecule has 1 aliphatic carbocycles. The average Bonchev–Trinajstić information content (AvgIpc) is 2.12. The SMILES string of the molecule is FC1(F)CN(c2cc(C3CCC3)ncn2)C1. The van der Waals surface area contributed by atoms with E-state index in [2.05, 4.69) is 9.97 Å². The fourth-order valence-electron chi connectivity index (χ4n) is 2.14. The Morgan fingerprint density at radius 1 is 1.25 bits per heavy atom. The highest BCUT2D eigenvalue weighted by molar-refractivity contribution is 5.44. The zero-order chi connectivity index (χ0) is 11.2. The molecule has 86 valence electrons. The second kappa shape index (κ2) is 3.37. The second-order valence-corrected chi connectivity index (χ2v) is 4.64. The Bertz CT molecular complexity index is 396. The van der Waals surface area contributed by atoms with Crippen LogP contribution in [0.2, 0.25) is 0 Å². The maximum Gasteiger partial charge on any atom is 0.282 e. The number of aromatic nitrogens is 2. The third kappa shape index (κ3) is 1.64. The summed E-state index contributed by atoms with van der Waals surface area (Å²) in [6.45, 7) is -0.428. The molecule has 1 aromatic heterocycles. The normalized spacial score (nSPS) is 23.8. The molecule has 5 heteroatoms. The summed E-state index contributed by atoms with van der Waals surface area (Å²) in [7, 11) is 0. The van der Waals surface area contributed by atoms with Gasteiger partial charge in [0.05, 0.1) is 13.1 Å². The van der Waals surface area contributed by atoms with Crippen molar-refractivity contribution in [3.05, 3.63) is 18.1 Å².